The van der Waals surface area contributed by atoms with E-state index in [-0.39, 0.29) is 0 Å². The van der Waals surface area contributed by atoms with E-state index in [9.17, 15) is 9.59 Å². The van der Waals surface area contributed by atoms with E-state index in [1.165, 1.54) is 25.3 Å². The molecule has 0 aliphatic heterocycles. The quantitative estimate of drug-likeness (QED) is 0.583. The molecule has 0 fully saturated rings. The van der Waals surface area contributed by atoms with E-state index in [0.29, 0.717) is 11.1 Å². The van der Waals surface area contributed by atoms with Gasteiger partial charge in [-0.3, -0.25) is 0 Å². The zero-order chi connectivity index (χ0) is 19.9. The van der Waals surface area contributed by atoms with Crippen LogP contribution in [0.4, 0.5) is 0 Å². The summed E-state index contributed by atoms with van der Waals surface area (Å²) in [4.78, 5) is 25.8. The minimum absolute atomic E-state index is 0.407. The highest BCUT2D eigenvalue weighted by molar-refractivity contribution is 6.92. The summed E-state index contributed by atoms with van der Waals surface area (Å²) >= 11 is 0. The van der Waals surface area contributed by atoms with Crippen LogP contribution in [0.2, 0.25) is 39.3 Å². The molecule has 4 nitrogen and oxygen atoms in total. The Morgan fingerprint density at radius 2 is 1.00 bits per heavy atom. The summed E-state index contributed by atoms with van der Waals surface area (Å²) < 4.78 is 10.3. The summed E-state index contributed by atoms with van der Waals surface area (Å²) in [5.41, 5.74) is 3.61. The van der Waals surface area contributed by atoms with Crippen molar-refractivity contribution in [3.8, 4) is 0 Å². The van der Waals surface area contributed by atoms with Gasteiger partial charge in [0, 0.05) is 0 Å². The molecule has 0 aromatic heterocycles. The fraction of sp³-hybridized carbons (Fsp3) is 0.600. The third-order valence-corrected chi connectivity index (χ3v) is 9.20. The standard InChI is InChI=1S/C20H32O4Si2/c1-23-19(21)15-16(20(22)24-2)18(26(6,7)8)14-12-10-9-11-13(14)17(15)25(3,4)5/h9-12H2,1-8H3. The number of ether oxygens (including phenoxy) is 2. The maximum atomic E-state index is 12.9. The number of methoxy groups -OCH3 is 2. The van der Waals surface area contributed by atoms with Gasteiger partial charge < -0.3 is 9.47 Å². The van der Waals surface area contributed by atoms with Gasteiger partial charge in [-0.05, 0) is 47.2 Å². The van der Waals surface area contributed by atoms with Crippen molar-refractivity contribution in [3.63, 3.8) is 0 Å². The number of carbonyl (C=O) groups is 2. The summed E-state index contributed by atoms with van der Waals surface area (Å²) in [5.74, 6) is -0.814. The molecule has 1 aliphatic rings. The second-order valence-corrected chi connectivity index (χ2v) is 19.1. The second kappa shape index (κ2) is 7.31. The first-order valence-electron chi connectivity index (χ1n) is 9.34. The smallest absolute Gasteiger partial charge is 0.338 e. The zero-order valence-corrected chi connectivity index (χ0v) is 19.5. The first-order valence-corrected chi connectivity index (χ1v) is 16.3. The Bertz CT molecular complexity index is 677. The molecule has 0 saturated heterocycles. The Morgan fingerprint density at radius 3 is 1.23 bits per heavy atom. The molecule has 2 rings (SSSR count). The van der Waals surface area contributed by atoms with E-state index >= 15 is 0 Å². The van der Waals surface area contributed by atoms with Crippen LogP contribution in [0.3, 0.4) is 0 Å². The normalized spacial score (nSPS) is 14.6. The number of hydrogen-bond donors (Lipinski definition) is 0. The van der Waals surface area contributed by atoms with Crippen LogP contribution in [-0.2, 0) is 22.3 Å². The summed E-state index contributed by atoms with van der Waals surface area (Å²) in [5, 5.41) is 2.20. The van der Waals surface area contributed by atoms with Crippen molar-refractivity contribution < 1.29 is 19.1 Å². The molecule has 0 atom stereocenters. The lowest BCUT2D eigenvalue weighted by Gasteiger charge is -2.35. The SMILES string of the molecule is COC(=O)c1c(C(=O)OC)c([Si](C)(C)C)c2c(c1[Si](C)(C)C)CCCC2. The molecule has 0 N–H and O–H groups in total. The third-order valence-electron chi connectivity index (χ3n) is 5.10. The van der Waals surface area contributed by atoms with Crippen molar-refractivity contribution in [2.24, 2.45) is 0 Å². The lowest BCUT2D eigenvalue weighted by Crippen LogP contribution is -2.53. The van der Waals surface area contributed by atoms with Gasteiger partial charge in [-0.15, -0.1) is 0 Å². The molecule has 0 radical (unpaired) electrons. The van der Waals surface area contributed by atoms with Crippen molar-refractivity contribution in [2.45, 2.75) is 65.0 Å². The predicted octanol–water partition coefficient (Wildman–Crippen LogP) is 3.23. The number of esters is 2. The van der Waals surface area contributed by atoms with Crippen molar-refractivity contribution in [2.75, 3.05) is 14.2 Å². The fourth-order valence-electron chi connectivity index (χ4n) is 4.28. The molecule has 0 spiro atoms. The summed E-state index contributed by atoms with van der Waals surface area (Å²) in [6.45, 7) is 13.4. The van der Waals surface area contributed by atoms with E-state index in [1.54, 1.807) is 0 Å². The molecule has 0 saturated carbocycles. The maximum Gasteiger partial charge on any atom is 0.338 e. The average molecular weight is 393 g/mol. The van der Waals surface area contributed by atoms with Crippen molar-refractivity contribution in [1.29, 1.82) is 0 Å². The number of hydrogen-bond acceptors (Lipinski definition) is 4. The van der Waals surface area contributed by atoms with Crippen LogP contribution in [-0.4, -0.2) is 42.3 Å². The Hall–Kier alpha value is -1.41. The highest BCUT2D eigenvalue weighted by atomic mass is 28.3. The average Bonchev–Trinajstić information content (AvgIpc) is 2.56. The minimum Gasteiger partial charge on any atom is -0.465 e. The first kappa shape index (κ1) is 20.9. The Morgan fingerprint density at radius 1 is 0.692 bits per heavy atom. The highest BCUT2D eigenvalue weighted by Gasteiger charge is 2.40. The Labute approximate surface area is 159 Å². The molecule has 1 aliphatic carbocycles. The van der Waals surface area contributed by atoms with Gasteiger partial charge in [0.1, 0.15) is 0 Å². The molecule has 26 heavy (non-hydrogen) atoms. The van der Waals surface area contributed by atoms with Crippen LogP contribution in [0.25, 0.3) is 0 Å². The van der Waals surface area contributed by atoms with Crippen LogP contribution >= 0.6 is 0 Å². The number of rotatable bonds is 4. The van der Waals surface area contributed by atoms with E-state index in [2.05, 4.69) is 39.3 Å². The lowest BCUT2D eigenvalue weighted by molar-refractivity contribution is 0.0557. The summed E-state index contributed by atoms with van der Waals surface area (Å²) in [7, 11) is -1.02. The molecular weight excluding hydrogens is 360 g/mol. The van der Waals surface area contributed by atoms with Gasteiger partial charge in [-0.2, -0.15) is 0 Å². The van der Waals surface area contributed by atoms with Gasteiger partial charge in [0.05, 0.1) is 41.5 Å². The van der Waals surface area contributed by atoms with Crippen LogP contribution in [0.15, 0.2) is 0 Å². The van der Waals surface area contributed by atoms with Gasteiger partial charge in [0.25, 0.3) is 0 Å². The molecule has 0 unspecified atom stereocenters. The fourth-order valence-corrected chi connectivity index (χ4v) is 8.59. The minimum atomic E-state index is -1.90. The third kappa shape index (κ3) is 3.67. The largest absolute Gasteiger partial charge is 0.465 e. The van der Waals surface area contributed by atoms with Gasteiger partial charge in [-0.1, -0.05) is 39.3 Å². The Kier molecular flexibility index (Phi) is 5.88. The molecule has 1 aromatic rings. The molecule has 0 heterocycles. The number of carbonyl (C=O) groups excluding carboxylic acids is 2. The highest BCUT2D eigenvalue weighted by Crippen LogP contribution is 2.28. The van der Waals surface area contributed by atoms with Gasteiger partial charge in [0.2, 0.25) is 0 Å². The van der Waals surface area contributed by atoms with Gasteiger partial charge >= 0.3 is 11.9 Å². The summed E-state index contributed by atoms with van der Waals surface area (Å²) in [6.07, 6.45) is 4.23. The monoisotopic (exact) mass is 392 g/mol. The van der Waals surface area contributed by atoms with Crippen LogP contribution in [0.5, 0.6) is 0 Å². The molecule has 144 valence electrons. The maximum absolute atomic E-state index is 12.9. The van der Waals surface area contributed by atoms with Crippen molar-refractivity contribution >= 4 is 38.5 Å². The van der Waals surface area contributed by atoms with Crippen LogP contribution in [0, 0.1) is 0 Å². The van der Waals surface area contributed by atoms with Crippen LogP contribution < -0.4 is 10.4 Å². The van der Waals surface area contributed by atoms with Gasteiger partial charge in [-0.25, -0.2) is 9.59 Å². The van der Waals surface area contributed by atoms with Gasteiger partial charge in [0.15, 0.2) is 0 Å². The van der Waals surface area contributed by atoms with E-state index in [0.717, 1.165) is 36.1 Å². The van der Waals surface area contributed by atoms with E-state index < -0.39 is 28.1 Å². The Balaban J connectivity index is 3.13. The lowest BCUT2D eigenvalue weighted by atomic mass is 9.87. The molecule has 0 bridgehead atoms. The summed E-state index contributed by atoms with van der Waals surface area (Å²) in [6, 6.07) is 0. The molecule has 1 aromatic carbocycles. The molecule has 0 amide bonds. The zero-order valence-electron chi connectivity index (χ0n) is 17.5. The van der Waals surface area contributed by atoms with Crippen molar-refractivity contribution in [3.05, 3.63) is 22.3 Å². The second-order valence-electron chi connectivity index (χ2n) is 9.15. The van der Waals surface area contributed by atoms with Crippen LogP contribution in [0.1, 0.15) is 44.7 Å². The molecular formula is C20H32O4Si2. The number of benzene rings is 1. The van der Waals surface area contributed by atoms with E-state index in [1.807, 2.05) is 0 Å². The molecule has 6 heteroatoms. The predicted molar refractivity (Wildman–Crippen MR) is 112 cm³/mol. The van der Waals surface area contributed by atoms with Crippen molar-refractivity contribution in [1.82, 2.24) is 0 Å². The topological polar surface area (TPSA) is 52.6 Å². The number of fused-ring (bicyclic) bond motifs is 1. The first-order chi connectivity index (χ1) is 11.9. The van der Waals surface area contributed by atoms with E-state index in [4.69, 9.17) is 9.47 Å².